The fraction of sp³-hybridized carbons (Fsp3) is 0.350. The van der Waals surface area contributed by atoms with Gasteiger partial charge in [-0.05, 0) is 42.7 Å². The molecule has 7 heteroatoms. The van der Waals surface area contributed by atoms with E-state index in [1.54, 1.807) is 25.4 Å². The van der Waals surface area contributed by atoms with Crippen LogP contribution in [0.1, 0.15) is 24.2 Å². The molecule has 1 saturated heterocycles. The summed E-state index contributed by atoms with van der Waals surface area (Å²) in [5.74, 6) is 1.65. The smallest absolute Gasteiger partial charge is 0.259 e. The topological polar surface area (TPSA) is 64.3 Å². The number of ether oxygens (including phenoxy) is 1. The summed E-state index contributed by atoms with van der Waals surface area (Å²) in [6, 6.07) is 10.2. The van der Waals surface area contributed by atoms with E-state index in [4.69, 9.17) is 9.26 Å². The normalized spacial score (nSPS) is 17.3. The first-order valence-corrected chi connectivity index (χ1v) is 9.02. The highest BCUT2D eigenvalue weighted by Crippen LogP contribution is 2.23. The van der Waals surface area contributed by atoms with Crippen molar-refractivity contribution in [2.24, 2.45) is 0 Å². The van der Waals surface area contributed by atoms with Crippen molar-refractivity contribution < 1.29 is 13.7 Å². The van der Waals surface area contributed by atoms with Crippen LogP contribution in [0, 0.1) is 5.82 Å². The van der Waals surface area contributed by atoms with E-state index in [-0.39, 0.29) is 11.9 Å². The monoisotopic (exact) mass is 368 g/mol. The third-order valence-corrected chi connectivity index (χ3v) is 4.77. The van der Waals surface area contributed by atoms with Crippen LogP contribution >= 0.6 is 0 Å². The third kappa shape index (κ3) is 4.14. The molecule has 140 valence electrons. The van der Waals surface area contributed by atoms with Crippen LogP contribution in [0.25, 0.3) is 11.5 Å². The molecule has 27 heavy (non-hydrogen) atoms. The summed E-state index contributed by atoms with van der Waals surface area (Å²) < 4.78 is 23.8. The number of methoxy groups -OCH3 is 1. The molecule has 6 nitrogen and oxygen atoms in total. The summed E-state index contributed by atoms with van der Waals surface area (Å²) in [6.07, 6.45) is 4.68. The van der Waals surface area contributed by atoms with E-state index in [1.165, 1.54) is 12.1 Å². The number of halogens is 1. The SMILES string of the molecule is CO[C@@H]1CCCN(c2ccc(-c3nc(Cc4ccc(F)cc4)no3)cn2)C1. The van der Waals surface area contributed by atoms with Crippen molar-refractivity contribution in [1.29, 1.82) is 0 Å². The van der Waals surface area contributed by atoms with Crippen LogP contribution in [0.2, 0.25) is 0 Å². The molecule has 3 heterocycles. The zero-order valence-corrected chi connectivity index (χ0v) is 15.1. The zero-order chi connectivity index (χ0) is 18.6. The van der Waals surface area contributed by atoms with Crippen LogP contribution in [-0.4, -0.2) is 41.4 Å². The van der Waals surface area contributed by atoms with Crippen LogP contribution in [0.5, 0.6) is 0 Å². The molecular weight excluding hydrogens is 347 g/mol. The van der Waals surface area contributed by atoms with Crippen LogP contribution in [0.4, 0.5) is 10.2 Å². The Labute approximate surface area is 157 Å². The van der Waals surface area contributed by atoms with Crippen molar-refractivity contribution >= 4 is 5.82 Å². The molecule has 0 unspecified atom stereocenters. The minimum Gasteiger partial charge on any atom is -0.380 e. The van der Waals surface area contributed by atoms with E-state index in [0.29, 0.717) is 18.1 Å². The van der Waals surface area contributed by atoms with Crippen LogP contribution in [-0.2, 0) is 11.2 Å². The maximum Gasteiger partial charge on any atom is 0.259 e. The Morgan fingerprint density at radius 3 is 2.81 bits per heavy atom. The standard InChI is InChI=1S/C20H21FN4O2/c1-26-17-3-2-10-25(13-17)19-9-6-15(12-22-19)20-23-18(24-27-20)11-14-4-7-16(21)8-5-14/h4-9,12,17H,2-3,10-11,13H2,1H3/t17-/m1/s1. The Kier molecular flexibility index (Phi) is 5.11. The van der Waals surface area contributed by atoms with E-state index in [9.17, 15) is 4.39 Å². The summed E-state index contributed by atoms with van der Waals surface area (Å²) in [5, 5.41) is 4.01. The summed E-state index contributed by atoms with van der Waals surface area (Å²) in [7, 11) is 1.75. The number of benzene rings is 1. The molecule has 0 aliphatic carbocycles. The molecule has 1 fully saturated rings. The fourth-order valence-corrected chi connectivity index (χ4v) is 3.27. The highest BCUT2D eigenvalue weighted by atomic mass is 19.1. The molecule has 0 N–H and O–H groups in total. The van der Waals surface area contributed by atoms with Crippen LogP contribution < -0.4 is 4.90 Å². The maximum absolute atomic E-state index is 13.0. The Balaban J connectivity index is 1.44. The summed E-state index contributed by atoms with van der Waals surface area (Å²) in [4.78, 5) is 11.2. The Bertz CT molecular complexity index is 880. The molecule has 1 aromatic carbocycles. The van der Waals surface area contributed by atoms with Crippen LogP contribution in [0.15, 0.2) is 47.1 Å². The Morgan fingerprint density at radius 2 is 2.07 bits per heavy atom. The van der Waals surface area contributed by atoms with Crippen molar-refractivity contribution in [2.75, 3.05) is 25.1 Å². The minimum absolute atomic E-state index is 0.255. The average Bonchev–Trinajstić information content (AvgIpc) is 3.18. The number of anilines is 1. The van der Waals surface area contributed by atoms with Crippen molar-refractivity contribution in [3.63, 3.8) is 0 Å². The van der Waals surface area contributed by atoms with E-state index in [2.05, 4.69) is 20.0 Å². The number of nitrogens with zero attached hydrogens (tertiary/aromatic N) is 4. The predicted molar refractivity (Wildman–Crippen MR) is 99.0 cm³/mol. The number of aromatic nitrogens is 3. The molecule has 1 aliphatic heterocycles. The van der Waals surface area contributed by atoms with Gasteiger partial charge in [0.25, 0.3) is 5.89 Å². The van der Waals surface area contributed by atoms with Gasteiger partial charge in [0.2, 0.25) is 0 Å². The first-order chi connectivity index (χ1) is 13.2. The molecule has 0 spiro atoms. The van der Waals surface area contributed by atoms with Crippen molar-refractivity contribution in [2.45, 2.75) is 25.4 Å². The lowest BCUT2D eigenvalue weighted by Gasteiger charge is -2.32. The van der Waals surface area contributed by atoms with Gasteiger partial charge in [-0.2, -0.15) is 4.98 Å². The van der Waals surface area contributed by atoms with E-state index in [0.717, 1.165) is 42.9 Å². The molecular formula is C20H21FN4O2. The van der Waals surface area contributed by atoms with E-state index < -0.39 is 0 Å². The van der Waals surface area contributed by atoms with Gasteiger partial charge >= 0.3 is 0 Å². The largest absolute Gasteiger partial charge is 0.380 e. The van der Waals surface area contributed by atoms with Crippen molar-refractivity contribution in [1.82, 2.24) is 15.1 Å². The number of rotatable bonds is 5. The molecule has 0 amide bonds. The van der Waals surface area contributed by atoms with Gasteiger partial charge in [-0.15, -0.1) is 0 Å². The van der Waals surface area contributed by atoms with Gasteiger partial charge in [-0.1, -0.05) is 17.3 Å². The quantitative estimate of drug-likeness (QED) is 0.687. The summed E-state index contributed by atoms with van der Waals surface area (Å²) in [5.41, 5.74) is 1.70. The molecule has 1 atom stereocenters. The molecule has 0 saturated carbocycles. The average molecular weight is 368 g/mol. The second-order valence-corrected chi connectivity index (χ2v) is 6.67. The number of hydrogen-bond donors (Lipinski definition) is 0. The maximum atomic E-state index is 13.0. The highest BCUT2D eigenvalue weighted by molar-refractivity contribution is 5.55. The Hall–Kier alpha value is -2.80. The van der Waals surface area contributed by atoms with E-state index in [1.807, 2.05) is 12.1 Å². The lowest BCUT2D eigenvalue weighted by Crippen LogP contribution is -2.39. The lowest BCUT2D eigenvalue weighted by atomic mass is 10.1. The number of hydrogen-bond acceptors (Lipinski definition) is 6. The van der Waals surface area contributed by atoms with Gasteiger partial charge in [0, 0.05) is 32.8 Å². The van der Waals surface area contributed by atoms with Gasteiger partial charge in [0.15, 0.2) is 5.82 Å². The van der Waals surface area contributed by atoms with Crippen LogP contribution in [0.3, 0.4) is 0 Å². The van der Waals surface area contributed by atoms with Gasteiger partial charge in [-0.3, -0.25) is 0 Å². The molecule has 0 radical (unpaired) electrons. The molecule has 0 bridgehead atoms. The number of pyridine rings is 1. The van der Waals surface area contributed by atoms with Gasteiger partial charge < -0.3 is 14.2 Å². The molecule has 4 rings (SSSR count). The summed E-state index contributed by atoms with van der Waals surface area (Å²) in [6.45, 7) is 1.83. The Morgan fingerprint density at radius 1 is 1.22 bits per heavy atom. The molecule has 1 aliphatic rings. The van der Waals surface area contributed by atoms with Gasteiger partial charge in [-0.25, -0.2) is 9.37 Å². The van der Waals surface area contributed by atoms with Crippen molar-refractivity contribution in [3.8, 4) is 11.5 Å². The second-order valence-electron chi connectivity index (χ2n) is 6.67. The predicted octanol–water partition coefficient (Wildman–Crippen LogP) is 3.48. The minimum atomic E-state index is -0.260. The highest BCUT2D eigenvalue weighted by Gasteiger charge is 2.20. The van der Waals surface area contributed by atoms with Crippen molar-refractivity contribution in [3.05, 3.63) is 59.8 Å². The first-order valence-electron chi connectivity index (χ1n) is 9.02. The molecule has 3 aromatic rings. The second kappa shape index (κ2) is 7.84. The lowest BCUT2D eigenvalue weighted by molar-refractivity contribution is 0.0891. The van der Waals surface area contributed by atoms with Gasteiger partial charge in [0.1, 0.15) is 11.6 Å². The third-order valence-electron chi connectivity index (χ3n) is 4.77. The molecule has 2 aromatic heterocycles. The zero-order valence-electron chi connectivity index (χ0n) is 15.1. The summed E-state index contributed by atoms with van der Waals surface area (Å²) >= 11 is 0. The fourth-order valence-electron chi connectivity index (χ4n) is 3.27. The first kappa shape index (κ1) is 17.6. The number of piperidine rings is 1. The van der Waals surface area contributed by atoms with Gasteiger partial charge in [0.05, 0.1) is 11.7 Å². The van der Waals surface area contributed by atoms with E-state index >= 15 is 0 Å².